The molecular weight excluding hydrogens is 434 g/mol. The fourth-order valence-corrected chi connectivity index (χ4v) is 3.65. The number of nitrogens with one attached hydrogen (secondary N) is 1. The maximum absolute atomic E-state index is 12.7. The molecule has 2 aromatic rings. The van der Waals surface area contributed by atoms with Crippen molar-refractivity contribution in [2.45, 2.75) is 39.2 Å². The molecule has 8 heteroatoms. The van der Waals surface area contributed by atoms with Gasteiger partial charge in [-0.15, -0.1) is 0 Å². The van der Waals surface area contributed by atoms with Gasteiger partial charge in [-0.05, 0) is 69.2 Å². The van der Waals surface area contributed by atoms with Crippen molar-refractivity contribution in [2.75, 3.05) is 43.5 Å². The molecule has 1 aliphatic heterocycles. The molecule has 182 valence electrons. The van der Waals surface area contributed by atoms with Gasteiger partial charge in [-0.1, -0.05) is 12.1 Å². The molecule has 0 unspecified atom stereocenters. The lowest BCUT2D eigenvalue weighted by atomic mass is 10.1. The first-order chi connectivity index (χ1) is 16.1. The van der Waals surface area contributed by atoms with Crippen LogP contribution in [0, 0.1) is 0 Å². The first-order valence-electron chi connectivity index (χ1n) is 11.4. The number of esters is 1. The molecule has 2 aromatic carbocycles. The summed E-state index contributed by atoms with van der Waals surface area (Å²) in [7, 11) is 1.37. The number of amides is 2. The lowest BCUT2D eigenvalue weighted by molar-refractivity contribution is -0.140. The largest absolute Gasteiger partial charge is 0.469 e. The Hall–Kier alpha value is -3.55. The van der Waals surface area contributed by atoms with E-state index >= 15 is 0 Å². The Morgan fingerprint density at radius 2 is 1.65 bits per heavy atom. The van der Waals surface area contributed by atoms with Gasteiger partial charge in [0.2, 0.25) is 0 Å². The molecule has 0 aliphatic carbocycles. The van der Waals surface area contributed by atoms with Gasteiger partial charge in [0.15, 0.2) is 0 Å². The van der Waals surface area contributed by atoms with E-state index in [9.17, 15) is 14.4 Å². The molecule has 1 saturated heterocycles. The van der Waals surface area contributed by atoms with Crippen molar-refractivity contribution in [1.82, 2.24) is 4.90 Å². The van der Waals surface area contributed by atoms with Gasteiger partial charge >= 0.3 is 12.1 Å². The number of aryl methyl sites for hydroxylation is 1. The second-order valence-corrected chi connectivity index (χ2v) is 9.23. The van der Waals surface area contributed by atoms with Gasteiger partial charge in [0.25, 0.3) is 5.91 Å². The zero-order valence-corrected chi connectivity index (χ0v) is 20.3. The van der Waals surface area contributed by atoms with Crippen LogP contribution in [0.2, 0.25) is 0 Å². The highest BCUT2D eigenvalue weighted by Gasteiger charge is 2.26. The van der Waals surface area contributed by atoms with Crippen molar-refractivity contribution >= 4 is 29.3 Å². The highest BCUT2D eigenvalue weighted by atomic mass is 16.6. The van der Waals surface area contributed by atoms with Crippen molar-refractivity contribution in [2.24, 2.45) is 0 Å². The Kier molecular flexibility index (Phi) is 8.15. The number of hydrogen-bond donors (Lipinski definition) is 1. The fourth-order valence-electron chi connectivity index (χ4n) is 3.65. The fraction of sp³-hybridized carbons (Fsp3) is 0.423. The minimum absolute atomic E-state index is 0.202. The van der Waals surface area contributed by atoms with Crippen molar-refractivity contribution < 1.29 is 23.9 Å². The van der Waals surface area contributed by atoms with E-state index in [1.165, 1.54) is 7.11 Å². The number of piperazine rings is 1. The summed E-state index contributed by atoms with van der Waals surface area (Å²) in [5.74, 6) is -0.466. The summed E-state index contributed by atoms with van der Waals surface area (Å²) in [6.45, 7) is 8.15. The highest BCUT2D eigenvalue weighted by molar-refractivity contribution is 6.04. The van der Waals surface area contributed by atoms with Gasteiger partial charge in [0, 0.05) is 49.5 Å². The summed E-state index contributed by atoms with van der Waals surface area (Å²) < 4.78 is 10.1. The van der Waals surface area contributed by atoms with Crippen LogP contribution < -0.4 is 10.2 Å². The van der Waals surface area contributed by atoms with Gasteiger partial charge in [-0.25, -0.2) is 4.79 Å². The van der Waals surface area contributed by atoms with Crippen LogP contribution in [0.25, 0.3) is 0 Å². The van der Waals surface area contributed by atoms with Gasteiger partial charge < -0.3 is 24.6 Å². The number of anilines is 2. The molecule has 0 spiro atoms. The number of ether oxygens (including phenoxy) is 2. The Morgan fingerprint density at radius 1 is 0.971 bits per heavy atom. The molecule has 0 bridgehead atoms. The van der Waals surface area contributed by atoms with Crippen molar-refractivity contribution in [3.8, 4) is 0 Å². The summed E-state index contributed by atoms with van der Waals surface area (Å²) in [6, 6.07) is 14.9. The van der Waals surface area contributed by atoms with Crippen LogP contribution in [0.15, 0.2) is 48.5 Å². The lowest BCUT2D eigenvalue weighted by Gasteiger charge is -2.36. The van der Waals surface area contributed by atoms with E-state index in [1.54, 1.807) is 17.0 Å². The number of nitrogens with zero attached hydrogens (tertiary/aromatic N) is 2. The van der Waals surface area contributed by atoms with Gasteiger partial charge in [-0.3, -0.25) is 9.59 Å². The van der Waals surface area contributed by atoms with Gasteiger partial charge in [0.05, 0.1) is 7.11 Å². The van der Waals surface area contributed by atoms with E-state index in [0.717, 1.165) is 11.3 Å². The van der Waals surface area contributed by atoms with E-state index in [-0.39, 0.29) is 18.0 Å². The Bertz CT molecular complexity index is 1010. The van der Waals surface area contributed by atoms with Crippen LogP contribution in [-0.4, -0.2) is 61.8 Å². The van der Waals surface area contributed by atoms with E-state index in [2.05, 4.69) is 15.0 Å². The van der Waals surface area contributed by atoms with Crippen LogP contribution in [-0.2, 0) is 20.7 Å². The van der Waals surface area contributed by atoms with Crippen LogP contribution in [0.3, 0.4) is 0 Å². The molecule has 2 amide bonds. The summed E-state index contributed by atoms with van der Waals surface area (Å²) in [5.41, 5.74) is 2.68. The number of carbonyl (C=O) groups is 3. The third-order valence-corrected chi connectivity index (χ3v) is 5.46. The monoisotopic (exact) mass is 467 g/mol. The van der Waals surface area contributed by atoms with Crippen molar-refractivity contribution in [3.63, 3.8) is 0 Å². The van der Waals surface area contributed by atoms with Gasteiger partial charge in [0.1, 0.15) is 5.60 Å². The predicted molar refractivity (Wildman–Crippen MR) is 131 cm³/mol. The predicted octanol–water partition coefficient (Wildman–Crippen LogP) is 4.10. The normalized spacial score (nSPS) is 13.9. The quantitative estimate of drug-likeness (QED) is 0.644. The summed E-state index contributed by atoms with van der Waals surface area (Å²) in [5, 5.41) is 2.91. The van der Waals surface area contributed by atoms with Crippen LogP contribution >= 0.6 is 0 Å². The summed E-state index contributed by atoms with van der Waals surface area (Å²) in [4.78, 5) is 40.2. The number of rotatable bonds is 6. The third kappa shape index (κ3) is 7.23. The molecule has 8 nitrogen and oxygen atoms in total. The number of hydrogen-bond acceptors (Lipinski definition) is 6. The number of carbonyl (C=O) groups excluding carboxylic acids is 3. The molecule has 1 fully saturated rings. The maximum Gasteiger partial charge on any atom is 0.410 e. The van der Waals surface area contributed by atoms with Crippen molar-refractivity contribution in [3.05, 3.63) is 59.7 Å². The van der Waals surface area contributed by atoms with Gasteiger partial charge in [-0.2, -0.15) is 0 Å². The van der Waals surface area contributed by atoms with Crippen LogP contribution in [0.5, 0.6) is 0 Å². The molecule has 1 N–H and O–H groups in total. The average Bonchev–Trinajstić information content (AvgIpc) is 2.82. The maximum atomic E-state index is 12.7. The third-order valence-electron chi connectivity index (χ3n) is 5.46. The minimum Gasteiger partial charge on any atom is -0.469 e. The zero-order chi connectivity index (χ0) is 24.7. The van der Waals surface area contributed by atoms with Crippen LogP contribution in [0.1, 0.15) is 43.1 Å². The topological polar surface area (TPSA) is 88.2 Å². The average molecular weight is 468 g/mol. The summed E-state index contributed by atoms with van der Waals surface area (Å²) >= 11 is 0. The first kappa shape index (κ1) is 25.1. The SMILES string of the molecule is COC(=O)CCc1cccc(NC(=O)c2ccc(N3CCN(C(=O)OC(C)(C)C)CC3)cc2)c1. The summed E-state index contributed by atoms with van der Waals surface area (Å²) in [6.07, 6.45) is 0.557. The molecule has 0 atom stereocenters. The first-order valence-corrected chi connectivity index (χ1v) is 11.4. The van der Waals surface area contributed by atoms with Crippen molar-refractivity contribution in [1.29, 1.82) is 0 Å². The highest BCUT2D eigenvalue weighted by Crippen LogP contribution is 2.20. The standard InChI is InChI=1S/C26H33N3O5/c1-26(2,3)34-25(32)29-16-14-28(15-17-29)22-11-9-20(10-12-22)24(31)27-21-7-5-6-19(18-21)8-13-23(30)33-4/h5-7,9-12,18H,8,13-17H2,1-4H3,(H,27,31). The molecule has 0 aromatic heterocycles. The van der Waals surface area contributed by atoms with E-state index in [4.69, 9.17) is 4.74 Å². The Balaban J connectivity index is 1.53. The van der Waals surface area contributed by atoms with E-state index in [1.807, 2.05) is 57.2 Å². The molecular formula is C26H33N3O5. The molecule has 34 heavy (non-hydrogen) atoms. The smallest absolute Gasteiger partial charge is 0.410 e. The Labute approximate surface area is 200 Å². The van der Waals surface area contributed by atoms with E-state index < -0.39 is 5.60 Å². The molecule has 0 saturated carbocycles. The molecule has 0 radical (unpaired) electrons. The molecule has 1 heterocycles. The minimum atomic E-state index is -0.505. The molecule has 1 aliphatic rings. The second-order valence-electron chi connectivity index (χ2n) is 9.23. The molecule has 3 rings (SSSR count). The second kappa shape index (κ2) is 11.0. The number of benzene rings is 2. The lowest BCUT2D eigenvalue weighted by Crippen LogP contribution is -2.50. The van der Waals surface area contributed by atoms with E-state index in [0.29, 0.717) is 50.3 Å². The Morgan fingerprint density at radius 3 is 2.26 bits per heavy atom. The number of methoxy groups -OCH3 is 1. The van der Waals surface area contributed by atoms with Crippen LogP contribution in [0.4, 0.5) is 16.2 Å². The zero-order valence-electron chi connectivity index (χ0n) is 20.3.